The van der Waals surface area contributed by atoms with Crippen molar-refractivity contribution in [2.45, 2.75) is 36.8 Å². The molecule has 242 valence electrons. The van der Waals surface area contributed by atoms with Crippen LogP contribution in [0.1, 0.15) is 27.9 Å². The van der Waals surface area contributed by atoms with Crippen molar-refractivity contribution in [2.75, 3.05) is 18.1 Å². The minimum absolute atomic E-state index is 0.0173. The van der Waals surface area contributed by atoms with Crippen molar-refractivity contribution < 1.29 is 63.7 Å². The Morgan fingerprint density at radius 3 is 1.80 bits per heavy atom. The number of nitrogen functional groups attached to an aromatic ring is 2. The van der Waals surface area contributed by atoms with Crippen LogP contribution in [0.15, 0.2) is 72.3 Å². The molecule has 45 heavy (non-hydrogen) atoms. The molecule has 0 aliphatic carbocycles. The predicted octanol–water partition coefficient (Wildman–Crippen LogP) is 7.02. The molecule has 0 heterocycles. The summed E-state index contributed by atoms with van der Waals surface area (Å²) in [5.41, 5.74) is 13.2. The van der Waals surface area contributed by atoms with E-state index in [9.17, 15) is 54.2 Å². The van der Waals surface area contributed by atoms with E-state index in [0.29, 0.717) is 22.5 Å². The van der Waals surface area contributed by atoms with E-state index in [1.54, 1.807) is 12.1 Å². The Balaban J connectivity index is 1.59. The van der Waals surface area contributed by atoms with E-state index < -0.39 is 48.9 Å². The van der Waals surface area contributed by atoms with Crippen molar-refractivity contribution in [1.29, 1.82) is 0 Å². The molecule has 3 aromatic carbocycles. The van der Waals surface area contributed by atoms with Gasteiger partial charge in [-0.1, -0.05) is 12.1 Å². The van der Waals surface area contributed by atoms with E-state index in [4.69, 9.17) is 20.9 Å². The maximum absolute atomic E-state index is 13.6. The third-order valence-corrected chi connectivity index (χ3v) is 6.12. The van der Waals surface area contributed by atoms with Gasteiger partial charge in [0.05, 0.1) is 18.6 Å². The van der Waals surface area contributed by atoms with Crippen molar-refractivity contribution >= 4 is 29.4 Å². The van der Waals surface area contributed by atoms with Gasteiger partial charge in [-0.15, -0.1) is 0 Å². The highest BCUT2D eigenvalue weighted by Crippen LogP contribution is 2.54. The first-order valence-corrected chi connectivity index (χ1v) is 12.6. The van der Waals surface area contributed by atoms with Gasteiger partial charge < -0.3 is 26.0 Å². The summed E-state index contributed by atoms with van der Waals surface area (Å²) in [6.07, 6.45) is -7.68. The lowest BCUT2D eigenvalue weighted by Crippen LogP contribution is -2.61. The summed E-state index contributed by atoms with van der Waals surface area (Å²) in [6.45, 7) is -1.36. The number of ether oxygens (including phenoxy) is 2. The van der Waals surface area contributed by atoms with Crippen molar-refractivity contribution in [2.24, 2.45) is 0 Å². The molecule has 0 amide bonds. The van der Waals surface area contributed by atoms with Crippen molar-refractivity contribution in [3.05, 3.63) is 89.0 Å². The summed E-state index contributed by atoms with van der Waals surface area (Å²) < 4.78 is 126. The molecule has 0 aliphatic heterocycles. The molecule has 0 aromatic heterocycles. The Morgan fingerprint density at radius 2 is 1.29 bits per heavy atom. The standard InChI is InChI=1S/C29H23F9N2O5/c30-26(31,27(32,33)28(34,35)29(36,37)38)9-10-44-22-7-3-18(4-8-22)25(43)45-23-5-1-16(2-6-23)11-19(24(41)42)12-17-13-20(39)15-21(40)14-17/h1-8,11,13-15H,9-10,12,39-40H2,(H,41,42)/b19-11+. The van der Waals surface area contributed by atoms with E-state index >= 15 is 0 Å². The molecular weight excluding hydrogens is 627 g/mol. The zero-order valence-electron chi connectivity index (χ0n) is 22.7. The van der Waals surface area contributed by atoms with Crippen LogP contribution in [-0.4, -0.2) is 47.6 Å². The molecular formula is C29H23F9N2O5. The lowest BCUT2D eigenvalue weighted by molar-refractivity contribution is -0.397. The third kappa shape index (κ3) is 8.19. The fourth-order valence-corrected chi connectivity index (χ4v) is 3.80. The van der Waals surface area contributed by atoms with Gasteiger partial charge in [0.1, 0.15) is 11.5 Å². The molecule has 0 spiro atoms. The molecule has 16 heteroatoms. The zero-order valence-corrected chi connectivity index (χ0v) is 22.7. The molecule has 0 saturated carbocycles. The number of carbonyl (C=O) groups is 2. The Hall–Kier alpha value is -4.89. The first-order valence-electron chi connectivity index (χ1n) is 12.6. The minimum Gasteiger partial charge on any atom is -0.493 e. The van der Waals surface area contributed by atoms with Gasteiger partial charge in [-0.3, -0.25) is 0 Å². The molecule has 5 N–H and O–H groups in total. The molecule has 0 fully saturated rings. The van der Waals surface area contributed by atoms with E-state index in [0.717, 1.165) is 24.3 Å². The number of esters is 1. The van der Waals surface area contributed by atoms with Gasteiger partial charge >= 0.3 is 35.9 Å². The third-order valence-electron chi connectivity index (χ3n) is 6.12. The Kier molecular flexibility index (Phi) is 9.99. The van der Waals surface area contributed by atoms with E-state index in [-0.39, 0.29) is 29.1 Å². The molecule has 7 nitrogen and oxygen atoms in total. The number of hydrogen-bond donors (Lipinski definition) is 3. The van der Waals surface area contributed by atoms with Crippen LogP contribution in [0.2, 0.25) is 0 Å². The SMILES string of the molecule is Nc1cc(N)cc(C/C(=C\c2ccc(OC(=O)c3ccc(OCCC(F)(F)C(F)(F)C(F)(F)C(F)(F)F)cc3)cc2)C(=O)O)c1. The highest BCUT2D eigenvalue weighted by molar-refractivity contribution is 5.93. The van der Waals surface area contributed by atoms with Crippen molar-refractivity contribution in [1.82, 2.24) is 0 Å². The maximum atomic E-state index is 13.6. The largest absolute Gasteiger partial charge is 0.493 e. The van der Waals surface area contributed by atoms with Crippen molar-refractivity contribution in [3.63, 3.8) is 0 Å². The Morgan fingerprint density at radius 1 is 0.756 bits per heavy atom. The van der Waals surface area contributed by atoms with Gasteiger partial charge in [0.25, 0.3) is 0 Å². The first kappa shape index (κ1) is 34.6. The fraction of sp³-hybridized carbons (Fsp3) is 0.241. The second-order valence-electron chi connectivity index (χ2n) is 9.59. The highest BCUT2D eigenvalue weighted by atomic mass is 19.4. The summed E-state index contributed by atoms with van der Waals surface area (Å²) in [6, 6.07) is 14.6. The van der Waals surface area contributed by atoms with Crippen LogP contribution in [-0.2, 0) is 11.2 Å². The van der Waals surface area contributed by atoms with Crippen LogP contribution in [0.5, 0.6) is 11.5 Å². The number of halogens is 9. The number of rotatable bonds is 12. The fourth-order valence-electron chi connectivity index (χ4n) is 3.80. The molecule has 0 radical (unpaired) electrons. The average molecular weight is 650 g/mol. The zero-order chi connectivity index (χ0) is 33.8. The van der Waals surface area contributed by atoms with E-state index in [2.05, 4.69) is 0 Å². The Labute approximate surface area is 248 Å². The van der Waals surface area contributed by atoms with Crippen LogP contribution >= 0.6 is 0 Å². The van der Waals surface area contributed by atoms with Crippen LogP contribution in [0.4, 0.5) is 50.9 Å². The molecule has 3 rings (SSSR count). The quantitative estimate of drug-likeness (QED) is 0.0633. The highest BCUT2D eigenvalue weighted by Gasteiger charge is 2.81. The van der Waals surface area contributed by atoms with Gasteiger partial charge in [0.15, 0.2) is 0 Å². The van der Waals surface area contributed by atoms with Crippen LogP contribution in [0.25, 0.3) is 6.08 Å². The molecule has 0 bridgehead atoms. The number of nitrogens with two attached hydrogens (primary N) is 2. The smallest absolute Gasteiger partial charge is 0.460 e. The van der Waals surface area contributed by atoms with Crippen LogP contribution in [0.3, 0.4) is 0 Å². The van der Waals surface area contributed by atoms with E-state index in [1.165, 1.54) is 36.4 Å². The molecule has 3 aromatic rings. The number of carboxylic acids is 1. The number of carboxylic acid groups (broad SMARTS) is 1. The predicted molar refractivity (Wildman–Crippen MR) is 143 cm³/mol. The minimum atomic E-state index is -6.99. The number of aliphatic carboxylic acids is 1. The summed E-state index contributed by atoms with van der Waals surface area (Å²) >= 11 is 0. The summed E-state index contributed by atoms with van der Waals surface area (Å²) in [5, 5.41) is 9.59. The summed E-state index contributed by atoms with van der Waals surface area (Å²) in [4.78, 5) is 24.2. The summed E-state index contributed by atoms with van der Waals surface area (Å²) in [5.74, 6) is -21.8. The lowest BCUT2D eigenvalue weighted by atomic mass is 10.0. The van der Waals surface area contributed by atoms with Crippen molar-refractivity contribution in [3.8, 4) is 11.5 Å². The van der Waals surface area contributed by atoms with Gasteiger partial charge in [-0.2, -0.15) is 39.5 Å². The first-order chi connectivity index (χ1) is 20.7. The second kappa shape index (κ2) is 13.0. The average Bonchev–Trinajstić information content (AvgIpc) is 2.92. The topological polar surface area (TPSA) is 125 Å². The molecule has 0 atom stereocenters. The van der Waals surface area contributed by atoms with Gasteiger partial charge in [0, 0.05) is 23.4 Å². The lowest BCUT2D eigenvalue weighted by Gasteiger charge is -2.33. The van der Waals surface area contributed by atoms with Gasteiger partial charge in [-0.25, -0.2) is 9.59 Å². The number of alkyl halides is 9. The maximum Gasteiger partial charge on any atom is 0.460 e. The second-order valence-corrected chi connectivity index (χ2v) is 9.59. The monoisotopic (exact) mass is 650 g/mol. The number of anilines is 2. The van der Waals surface area contributed by atoms with Gasteiger partial charge in [0.2, 0.25) is 0 Å². The number of benzene rings is 3. The van der Waals surface area contributed by atoms with Crippen LogP contribution in [0, 0.1) is 0 Å². The molecule has 0 saturated heterocycles. The number of carbonyl (C=O) groups excluding carboxylic acids is 1. The van der Waals surface area contributed by atoms with Crippen LogP contribution < -0.4 is 20.9 Å². The number of hydrogen-bond acceptors (Lipinski definition) is 6. The normalized spacial score (nSPS) is 13.0. The van der Waals surface area contributed by atoms with Gasteiger partial charge in [-0.05, 0) is 71.8 Å². The molecule has 0 unspecified atom stereocenters. The van der Waals surface area contributed by atoms with E-state index in [1.807, 2.05) is 0 Å². The molecule has 0 aliphatic rings. The summed E-state index contributed by atoms with van der Waals surface area (Å²) in [7, 11) is 0. The Bertz CT molecular complexity index is 1540.